The van der Waals surface area contributed by atoms with Crippen molar-refractivity contribution in [2.45, 2.75) is 37.5 Å². The molecule has 1 fully saturated rings. The van der Waals surface area contributed by atoms with Crippen LogP contribution in [0.15, 0.2) is 65.1 Å². The fourth-order valence-corrected chi connectivity index (χ4v) is 7.27. The number of nitrogens with one attached hydrogen (secondary N) is 3. The first-order valence-electron chi connectivity index (χ1n) is 14.4. The molecule has 2 aromatic carbocycles. The van der Waals surface area contributed by atoms with Crippen LogP contribution >= 0.6 is 11.3 Å². The summed E-state index contributed by atoms with van der Waals surface area (Å²) in [5.41, 5.74) is 2.86. The van der Waals surface area contributed by atoms with Crippen LogP contribution in [0, 0.1) is 0 Å². The van der Waals surface area contributed by atoms with Crippen molar-refractivity contribution in [3.8, 4) is 22.8 Å². The van der Waals surface area contributed by atoms with Crippen LogP contribution in [0.3, 0.4) is 0 Å². The molecule has 0 unspecified atom stereocenters. The predicted molar refractivity (Wildman–Crippen MR) is 175 cm³/mol. The molecule has 0 aliphatic carbocycles. The molecule has 3 N–H and O–H groups in total. The summed E-state index contributed by atoms with van der Waals surface area (Å²) >= 11 is 1.44. The molecular formula is C31H33N7O6S2. The van der Waals surface area contributed by atoms with Gasteiger partial charge in [-0.1, -0.05) is 0 Å². The number of morpholine rings is 1. The molecule has 1 saturated heterocycles. The number of anilines is 2. The van der Waals surface area contributed by atoms with Gasteiger partial charge in [0.05, 0.1) is 55.3 Å². The van der Waals surface area contributed by atoms with Gasteiger partial charge in [-0.25, -0.2) is 18.4 Å². The molecule has 6 rings (SSSR count). The number of amides is 1. The van der Waals surface area contributed by atoms with Crippen molar-refractivity contribution in [1.82, 2.24) is 25.1 Å². The Balaban J connectivity index is 1.25. The SMILES string of the molecule is COc1ccc(S(=O)(=O)Nc2cc(-c3cc(NC(=O)c4csc(CN5C[C@@H](C)O[C@@H](C)C5)n4)c4cn[nH]c4c3)cnc2OC)cc1. The molecule has 13 nitrogen and oxygen atoms in total. The molecular weight excluding hydrogens is 631 g/mol. The number of hydrogen-bond acceptors (Lipinski definition) is 11. The zero-order valence-electron chi connectivity index (χ0n) is 25.6. The van der Waals surface area contributed by atoms with Crippen molar-refractivity contribution in [1.29, 1.82) is 0 Å². The first-order valence-corrected chi connectivity index (χ1v) is 16.8. The molecule has 0 spiro atoms. The van der Waals surface area contributed by atoms with E-state index in [-0.39, 0.29) is 34.6 Å². The molecule has 0 bridgehead atoms. The van der Waals surface area contributed by atoms with Gasteiger partial charge in [0, 0.05) is 35.6 Å². The number of aromatic nitrogens is 4. The number of pyridine rings is 1. The van der Waals surface area contributed by atoms with E-state index in [0.29, 0.717) is 45.7 Å². The van der Waals surface area contributed by atoms with Crippen molar-refractivity contribution in [2.24, 2.45) is 0 Å². The van der Waals surface area contributed by atoms with Gasteiger partial charge >= 0.3 is 0 Å². The van der Waals surface area contributed by atoms with Crippen LogP contribution in [-0.4, -0.2) is 78.9 Å². The van der Waals surface area contributed by atoms with Gasteiger partial charge in [0.15, 0.2) is 0 Å². The summed E-state index contributed by atoms with van der Waals surface area (Å²) < 4.78 is 45.3. The average molecular weight is 664 g/mol. The highest BCUT2D eigenvalue weighted by molar-refractivity contribution is 7.92. The lowest BCUT2D eigenvalue weighted by Gasteiger charge is -2.34. The molecule has 46 heavy (non-hydrogen) atoms. The Morgan fingerprint density at radius 1 is 1.04 bits per heavy atom. The number of ether oxygens (including phenoxy) is 3. The molecule has 1 aliphatic rings. The molecule has 5 aromatic rings. The van der Waals surface area contributed by atoms with Crippen LogP contribution in [-0.2, 0) is 21.3 Å². The number of fused-ring (bicyclic) bond motifs is 1. The summed E-state index contributed by atoms with van der Waals surface area (Å²) in [6.45, 7) is 6.37. The maximum absolute atomic E-state index is 13.4. The largest absolute Gasteiger partial charge is 0.497 e. The highest BCUT2D eigenvalue weighted by Gasteiger charge is 2.24. The van der Waals surface area contributed by atoms with Crippen molar-refractivity contribution in [2.75, 3.05) is 37.3 Å². The first kappa shape index (κ1) is 31.4. The lowest BCUT2D eigenvalue weighted by molar-refractivity contribution is -0.0705. The molecule has 3 aromatic heterocycles. The number of H-pyrrole nitrogens is 1. The van der Waals surface area contributed by atoms with E-state index in [1.807, 2.05) is 6.07 Å². The smallest absolute Gasteiger partial charge is 0.275 e. The van der Waals surface area contributed by atoms with Gasteiger partial charge in [0.1, 0.15) is 22.1 Å². The topological polar surface area (TPSA) is 161 Å². The molecule has 0 saturated carbocycles. The van der Waals surface area contributed by atoms with E-state index < -0.39 is 10.0 Å². The number of aromatic amines is 1. The highest BCUT2D eigenvalue weighted by Crippen LogP contribution is 2.34. The second-order valence-corrected chi connectivity index (χ2v) is 13.6. The number of carbonyl (C=O) groups is 1. The normalized spacial score (nSPS) is 17.1. The summed E-state index contributed by atoms with van der Waals surface area (Å²) in [5, 5.41) is 13.4. The lowest BCUT2D eigenvalue weighted by atomic mass is 10.0. The summed E-state index contributed by atoms with van der Waals surface area (Å²) in [4.78, 5) is 24.6. The zero-order valence-corrected chi connectivity index (χ0v) is 27.2. The maximum atomic E-state index is 13.4. The van der Waals surface area contributed by atoms with Crippen LogP contribution in [0.2, 0.25) is 0 Å². The Labute approximate surface area is 270 Å². The average Bonchev–Trinajstić information content (AvgIpc) is 3.70. The van der Waals surface area contributed by atoms with Crippen molar-refractivity contribution in [3.05, 3.63) is 70.9 Å². The quantitative estimate of drug-likeness (QED) is 0.190. The monoisotopic (exact) mass is 663 g/mol. The van der Waals surface area contributed by atoms with Gasteiger partial charge in [0.2, 0.25) is 5.88 Å². The first-order chi connectivity index (χ1) is 22.1. The third-order valence-electron chi connectivity index (χ3n) is 7.44. The van der Waals surface area contributed by atoms with Crippen LogP contribution in [0.1, 0.15) is 29.3 Å². The summed E-state index contributed by atoms with van der Waals surface area (Å²) in [6, 6.07) is 11.3. The fourth-order valence-electron chi connectivity index (χ4n) is 5.40. The number of carbonyl (C=O) groups excluding carboxylic acids is 1. The summed E-state index contributed by atoms with van der Waals surface area (Å²) in [6.07, 6.45) is 3.47. The number of benzene rings is 2. The van der Waals surface area contributed by atoms with E-state index in [4.69, 9.17) is 14.2 Å². The van der Waals surface area contributed by atoms with Crippen molar-refractivity contribution < 1.29 is 27.4 Å². The molecule has 2 atom stereocenters. The van der Waals surface area contributed by atoms with Gasteiger partial charge in [0.25, 0.3) is 15.9 Å². The minimum Gasteiger partial charge on any atom is -0.497 e. The Hall–Kier alpha value is -4.57. The van der Waals surface area contributed by atoms with Gasteiger partial charge < -0.3 is 19.5 Å². The summed E-state index contributed by atoms with van der Waals surface area (Å²) in [7, 11) is -1.07. The minimum atomic E-state index is -3.98. The number of methoxy groups -OCH3 is 2. The Bertz CT molecular complexity index is 1970. The number of nitrogens with zero attached hydrogens (tertiary/aromatic N) is 4. The van der Waals surface area contributed by atoms with E-state index in [1.165, 1.54) is 37.7 Å². The van der Waals surface area contributed by atoms with Gasteiger partial charge in [-0.05, 0) is 61.9 Å². The van der Waals surface area contributed by atoms with Crippen LogP contribution in [0.25, 0.3) is 22.0 Å². The van der Waals surface area contributed by atoms with Gasteiger partial charge in [-0.15, -0.1) is 11.3 Å². The number of sulfonamides is 1. The minimum absolute atomic E-state index is 0.0453. The number of thiazole rings is 1. The summed E-state index contributed by atoms with van der Waals surface area (Å²) in [5.74, 6) is 0.272. The number of rotatable bonds is 10. The molecule has 0 radical (unpaired) electrons. The molecule has 1 aliphatic heterocycles. The van der Waals surface area contributed by atoms with Crippen LogP contribution < -0.4 is 19.5 Å². The van der Waals surface area contributed by atoms with Crippen molar-refractivity contribution >= 4 is 49.5 Å². The van der Waals surface area contributed by atoms with E-state index in [0.717, 1.165) is 18.1 Å². The Morgan fingerprint density at radius 3 is 2.50 bits per heavy atom. The maximum Gasteiger partial charge on any atom is 0.275 e. The van der Waals surface area contributed by atoms with Crippen molar-refractivity contribution in [3.63, 3.8) is 0 Å². The van der Waals surface area contributed by atoms with Gasteiger partial charge in [-0.2, -0.15) is 5.10 Å². The Morgan fingerprint density at radius 2 is 1.78 bits per heavy atom. The second-order valence-electron chi connectivity index (χ2n) is 10.9. The van der Waals surface area contributed by atoms with Gasteiger partial charge in [-0.3, -0.25) is 19.5 Å². The second kappa shape index (κ2) is 13.0. The third kappa shape index (κ3) is 6.82. The van der Waals surface area contributed by atoms with E-state index >= 15 is 0 Å². The van der Waals surface area contributed by atoms with E-state index in [2.05, 4.69) is 49.0 Å². The predicted octanol–water partition coefficient (Wildman–Crippen LogP) is 4.76. The standard InChI is InChI=1S/C31H33N7O6S2/c1-18-14-38(15-19(2)44-18)16-29-34-28(17-45-29)30(39)35-25-9-20(10-26-24(25)13-33-36-26)21-11-27(31(43-4)32-12-21)37-46(40,41)23-7-5-22(42-3)6-8-23/h5-13,17-19,37H,14-16H2,1-4H3,(H,33,36)(H,35,39)/t18-,19+. The fraction of sp³-hybridized carbons (Fsp3) is 0.290. The molecule has 15 heteroatoms. The Kier molecular flexibility index (Phi) is 8.90. The lowest BCUT2D eigenvalue weighted by Crippen LogP contribution is -2.44. The van der Waals surface area contributed by atoms with Crippen LogP contribution in [0.5, 0.6) is 11.6 Å². The highest BCUT2D eigenvalue weighted by atomic mass is 32.2. The van der Waals surface area contributed by atoms with E-state index in [1.54, 1.807) is 42.0 Å². The van der Waals surface area contributed by atoms with Crippen LogP contribution in [0.4, 0.5) is 11.4 Å². The zero-order chi connectivity index (χ0) is 32.4. The van der Waals surface area contributed by atoms with E-state index in [9.17, 15) is 13.2 Å². The molecule has 240 valence electrons. The molecule has 1 amide bonds. The number of hydrogen-bond donors (Lipinski definition) is 3. The molecule has 4 heterocycles. The third-order valence-corrected chi connectivity index (χ3v) is 9.65.